The molecule has 13 nitrogen and oxygen atoms in total. The number of ether oxygens (including phenoxy) is 2. The van der Waals surface area contributed by atoms with Gasteiger partial charge in [-0.25, -0.2) is 9.18 Å². The third kappa shape index (κ3) is 27.5. The molecule has 0 aromatic heterocycles. The summed E-state index contributed by atoms with van der Waals surface area (Å²) in [7, 11) is 0. The number of rotatable bonds is 13. The summed E-state index contributed by atoms with van der Waals surface area (Å²) < 4.78 is 24.1. The number of carboxylic acid groups (broad SMARTS) is 1. The van der Waals surface area contributed by atoms with Crippen molar-refractivity contribution in [2.45, 2.75) is 95.9 Å². The van der Waals surface area contributed by atoms with E-state index in [1.54, 1.807) is 36.4 Å². The average Bonchev–Trinajstić information content (AvgIpc) is 3.64. The van der Waals surface area contributed by atoms with Gasteiger partial charge in [0.1, 0.15) is 35.3 Å². The molecule has 0 atom stereocenters. The number of piperidine rings is 4. The number of hydrogen-bond acceptors (Lipinski definition) is 12. The minimum absolute atomic E-state index is 0. The van der Waals surface area contributed by atoms with Gasteiger partial charge in [-0.15, -0.1) is 0 Å². The van der Waals surface area contributed by atoms with Crippen molar-refractivity contribution in [2.24, 2.45) is 0 Å². The molecule has 0 amide bonds. The van der Waals surface area contributed by atoms with E-state index in [4.69, 9.17) is 25.1 Å². The van der Waals surface area contributed by atoms with E-state index in [1.807, 2.05) is 36.4 Å². The Kier molecular flexibility index (Phi) is 33.9. The van der Waals surface area contributed by atoms with Crippen molar-refractivity contribution in [1.29, 1.82) is 10.5 Å². The van der Waals surface area contributed by atoms with E-state index in [9.17, 15) is 19.1 Å². The second-order valence-corrected chi connectivity index (χ2v) is 21.0. The van der Waals surface area contributed by atoms with E-state index in [0.717, 1.165) is 141 Å². The molecule has 7 aromatic rings. The fraction of sp³-hybridized carbons (Fsp3) is 0.333. The maximum Gasteiger partial charge on any atom is 1.00 e. The molecule has 4 aliphatic rings. The van der Waals surface area contributed by atoms with Crippen LogP contribution in [0.2, 0.25) is 0 Å². The van der Waals surface area contributed by atoms with Crippen molar-refractivity contribution < 1.29 is 99.7 Å². The normalized spacial score (nSPS) is 15.7. The molecule has 4 fully saturated rings. The van der Waals surface area contributed by atoms with Gasteiger partial charge in [0.05, 0.1) is 34.9 Å². The molecule has 0 unspecified atom stereocenters. The van der Waals surface area contributed by atoms with E-state index >= 15 is 0 Å². The van der Waals surface area contributed by atoms with Gasteiger partial charge in [-0.1, -0.05) is 121 Å². The van der Waals surface area contributed by atoms with Gasteiger partial charge in [-0.2, -0.15) is 10.5 Å². The minimum Gasteiger partial charge on any atom is -1.00 e. The second-order valence-electron chi connectivity index (χ2n) is 21.0. The first-order chi connectivity index (χ1) is 40.0. The van der Waals surface area contributed by atoms with Crippen molar-refractivity contribution in [2.75, 3.05) is 52.4 Å². The van der Waals surface area contributed by atoms with Gasteiger partial charge in [0, 0.05) is 91.4 Å². The summed E-state index contributed by atoms with van der Waals surface area (Å²) in [5.74, 6) is 0.797. The monoisotopic (exact) mass is 1170 g/mol. The molecule has 0 saturated carbocycles. The van der Waals surface area contributed by atoms with Gasteiger partial charge >= 0.3 is 65.1 Å². The van der Waals surface area contributed by atoms with Gasteiger partial charge in [-0.05, 0) is 134 Å². The number of hydrogen-bond donors (Lipinski definition) is 2. The second kappa shape index (κ2) is 40.4. The minimum atomic E-state index is -0.911. The number of carboxylic acids is 1. The van der Waals surface area contributed by atoms with Crippen molar-refractivity contribution in [1.82, 2.24) is 19.6 Å². The van der Waals surface area contributed by atoms with Crippen molar-refractivity contribution >= 4 is 11.8 Å². The first-order valence-corrected chi connectivity index (χ1v) is 28.6. The van der Waals surface area contributed by atoms with Crippen LogP contribution in [0, 0.1) is 28.5 Å². The Morgan fingerprint density at radius 2 is 0.765 bits per heavy atom. The summed E-state index contributed by atoms with van der Waals surface area (Å²) in [6, 6.07) is 65.5. The standard InChI is InChI=1S/C19H20N2O.C19H21NO3.C12H17NO.C12H15NO.C7H4FN.2Na.H2O.H/c20-14-16-6-8-18(9-7-16)22-19-10-12-21(13-11-19)15-17-4-2-1-3-5-17;21-19(22)16-6-8-17(9-7-16)23-18-10-12-20(13-11-18)14-15-4-2-1-3-5-15;2*14-12-6-8-13(9-7-12)10-11-4-2-1-3-5-11;8-7-3-1-6(5-9)2-4-7;;;;/h1-9,19H,10-13,15H2;1-9,18H,10-14H2,(H,21,22);1-5,12,14H,6-10H2;1-5H,6-10H2;1-4H;;;1H2;/q;;;;;2*+1;;-1/p-1. The molecule has 0 bridgehead atoms. The molecular weight excluding hydrogens is 1090 g/mol. The topological polar surface area (TPSA) is 184 Å². The fourth-order valence-corrected chi connectivity index (χ4v) is 9.97. The Bertz CT molecular complexity index is 3010. The third-order valence-corrected chi connectivity index (χ3v) is 14.7. The largest absolute Gasteiger partial charge is 1.00 e. The van der Waals surface area contributed by atoms with Crippen LogP contribution in [0.3, 0.4) is 0 Å². The average molecular weight is 1170 g/mol. The van der Waals surface area contributed by atoms with Crippen LogP contribution in [-0.4, -0.2) is 118 Å². The predicted octanol–water partition coefficient (Wildman–Crippen LogP) is 6.17. The number of benzene rings is 7. The number of nitrogens with zero attached hydrogens (tertiary/aromatic N) is 6. The molecule has 11 rings (SSSR count). The third-order valence-electron chi connectivity index (χ3n) is 14.7. The summed E-state index contributed by atoms with van der Waals surface area (Å²) in [4.78, 5) is 31.6. The number of ketones is 1. The maximum atomic E-state index is 12.1. The molecule has 4 saturated heterocycles. The van der Waals surface area contributed by atoms with E-state index in [2.05, 4.69) is 129 Å². The molecular formula is C69H79FN6Na2O7. The van der Waals surface area contributed by atoms with Crippen LogP contribution in [0.1, 0.15) is 96.5 Å². The fourth-order valence-electron chi connectivity index (χ4n) is 9.97. The molecule has 16 heteroatoms. The number of carbonyl (C=O) groups excluding carboxylic acids is 1. The summed E-state index contributed by atoms with van der Waals surface area (Å²) in [5, 5.41) is 35.3. The van der Waals surface area contributed by atoms with Crippen LogP contribution in [0.5, 0.6) is 11.5 Å². The first kappa shape index (κ1) is 71.4. The van der Waals surface area contributed by atoms with Crippen molar-refractivity contribution in [3.05, 3.63) is 239 Å². The van der Waals surface area contributed by atoms with E-state index < -0.39 is 5.97 Å². The van der Waals surface area contributed by atoms with E-state index in [0.29, 0.717) is 16.9 Å². The Balaban J connectivity index is 0.000000287. The Hall–Kier alpha value is -6.05. The Morgan fingerprint density at radius 3 is 1.08 bits per heavy atom. The number of halogens is 1. The smallest absolute Gasteiger partial charge is 1.00 e. The first-order valence-electron chi connectivity index (χ1n) is 28.6. The molecule has 0 aliphatic carbocycles. The van der Waals surface area contributed by atoms with E-state index in [-0.39, 0.29) is 95.7 Å². The molecule has 7 aromatic carbocycles. The van der Waals surface area contributed by atoms with Crippen molar-refractivity contribution in [3.63, 3.8) is 0 Å². The molecule has 4 aliphatic heterocycles. The number of aliphatic hydroxyl groups excluding tert-OH is 1. The quantitative estimate of drug-likeness (QED) is 0.125. The van der Waals surface area contributed by atoms with Crippen LogP contribution in [0.15, 0.2) is 194 Å². The molecule has 0 radical (unpaired) electrons. The summed E-state index contributed by atoms with van der Waals surface area (Å²) >= 11 is 0. The summed E-state index contributed by atoms with van der Waals surface area (Å²) in [6.07, 6.45) is 7.81. The van der Waals surface area contributed by atoms with Crippen LogP contribution in [-0.2, 0) is 31.0 Å². The molecule has 85 heavy (non-hydrogen) atoms. The maximum absolute atomic E-state index is 12.1. The summed E-state index contributed by atoms with van der Waals surface area (Å²) in [6.45, 7) is 12.1. The zero-order valence-electron chi connectivity index (χ0n) is 50.4. The SMILES string of the molecule is N#Cc1ccc(F)cc1.N#Cc1ccc(OC2CCN(Cc3ccccc3)CC2)cc1.O=C(O)c1ccc(OC2CCN(Cc3ccccc3)CC2)cc1.O=C1CCN(Cc2ccccc2)CC1.OC1CCN(Cc2ccccc2)CC1.[H-].[Na+].[Na+].[OH-]. The van der Waals surface area contributed by atoms with E-state index in [1.165, 1.54) is 46.5 Å². The van der Waals surface area contributed by atoms with Gasteiger partial charge in [0.2, 0.25) is 0 Å². The Morgan fingerprint density at radius 1 is 0.471 bits per heavy atom. The molecule has 0 spiro atoms. The predicted molar refractivity (Wildman–Crippen MR) is 322 cm³/mol. The van der Waals surface area contributed by atoms with Crippen molar-refractivity contribution in [3.8, 4) is 23.6 Å². The number of aliphatic hydroxyl groups is 1. The zero-order valence-corrected chi connectivity index (χ0v) is 53.4. The number of Topliss-reactive ketones (excluding diaryl/α,β-unsaturated/α-hetero) is 1. The number of likely N-dealkylation sites (tertiary alicyclic amines) is 4. The van der Waals surface area contributed by atoms with Gasteiger partial charge in [0.15, 0.2) is 0 Å². The molecule has 4 heterocycles. The zero-order chi connectivity index (χ0) is 57.6. The molecule has 3 N–H and O–H groups in total. The number of aromatic carboxylic acids is 1. The van der Waals surface area contributed by atoms with Crippen LogP contribution in [0.4, 0.5) is 4.39 Å². The molecule has 436 valence electrons. The number of nitriles is 2. The van der Waals surface area contributed by atoms with Crippen LogP contribution >= 0.6 is 0 Å². The van der Waals surface area contributed by atoms with Crippen LogP contribution in [0.25, 0.3) is 0 Å². The van der Waals surface area contributed by atoms with Gasteiger partial charge < -0.3 is 26.6 Å². The van der Waals surface area contributed by atoms with Gasteiger partial charge in [-0.3, -0.25) is 24.4 Å². The number of carbonyl (C=O) groups is 2. The Labute approximate surface area is 548 Å². The van der Waals surface area contributed by atoms with Gasteiger partial charge in [0.25, 0.3) is 0 Å². The summed E-state index contributed by atoms with van der Waals surface area (Å²) in [5.41, 5.74) is 6.85. The van der Waals surface area contributed by atoms with Crippen LogP contribution < -0.4 is 68.6 Å².